The van der Waals surface area contributed by atoms with E-state index < -0.39 is 12.0 Å². The quantitative estimate of drug-likeness (QED) is 0.367. The SMILES string of the molecule is CCCCC(CCCO)N(C(=O)OCC)c1c(C(=O)N(C)OC)oc2cnc(-c3cnn(C)c3)cc12. The number of unbranched alkanes of at least 4 members (excludes halogenated alkanes) is 1. The fourth-order valence-electron chi connectivity index (χ4n) is 4.10. The van der Waals surface area contributed by atoms with Crippen LogP contribution in [0.4, 0.5) is 10.5 Å². The maximum absolute atomic E-state index is 13.4. The Morgan fingerprint density at radius 2 is 1.97 bits per heavy atom. The van der Waals surface area contributed by atoms with E-state index in [1.807, 2.05) is 13.2 Å². The fourth-order valence-corrected chi connectivity index (χ4v) is 4.10. The van der Waals surface area contributed by atoms with Crippen LogP contribution in [-0.2, 0) is 16.6 Å². The van der Waals surface area contributed by atoms with E-state index in [9.17, 15) is 14.7 Å². The minimum absolute atomic E-state index is 0.0152. The number of furan rings is 1. The Balaban J connectivity index is 2.28. The van der Waals surface area contributed by atoms with Crippen molar-refractivity contribution in [2.75, 3.05) is 32.3 Å². The van der Waals surface area contributed by atoms with Gasteiger partial charge in [-0.25, -0.2) is 9.86 Å². The summed E-state index contributed by atoms with van der Waals surface area (Å²) < 4.78 is 13.1. The number of pyridine rings is 1. The molecule has 1 unspecified atom stereocenters. The molecule has 2 amide bonds. The first-order chi connectivity index (χ1) is 17.4. The Bertz CT molecular complexity index is 1170. The van der Waals surface area contributed by atoms with Crippen LogP contribution in [-0.4, -0.2) is 70.3 Å². The minimum atomic E-state index is -0.590. The topological polar surface area (TPSA) is 123 Å². The molecule has 3 rings (SSSR count). The molecule has 11 nitrogen and oxygen atoms in total. The van der Waals surface area contributed by atoms with Crippen LogP contribution in [0.5, 0.6) is 0 Å². The summed E-state index contributed by atoms with van der Waals surface area (Å²) in [4.78, 5) is 37.9. The average Bonchev–Trinajstić information content (AvgIpc) is 3.48. The highest BCUT2D eigenvalue weighted by atomic mass is 16.7. The lowest BCUT2D eigenvalue weighted by molar-refractivity contribution is -0.0771. The first-order valence-electron chi connectivity index (χ1n) is 12.2. The summed E-state index contributed by atoms with van der Waals surface area (Å²) in [5, 5.41) is 15.3. The molecule has 0 spiro atoms. The van der Waals surface area contributed by atoms with Gasteiger partial charge in [0, 0.05) is 43.9 Å². The van der Waals surface area contributed by atoms with Crippen molar-refractivity contribution in [3.8, 4) is 11.3 Å². The highest BCUT2D eigenvalue weighted by Gasteiger charge is 2.35. The molecule has 0 radical (unpaired) electrons. The number of carbonyl (C=O) groups is 2. The monoisotopic (exact) mass is 501 g/mol. The lowest BCUT2D eigenvalue weighted by Crippen LogP contribution is -2.42. The number of aromatic nitrogens is 3. The number of hydroxylamine groups is 2. The number of aliphatic hydroxyl groups excluding tert-OH is 1. The van der Waals surface area contributed by atoms with Crippen molar-refractivity contribution in [1.29, 1.82) is 0 Å². The number of hydrogen-bond acceptors (Lipinski definition) is 8. The first-order valence-corrected chi connectivity index (χ1v) is 12.2. The molecule has 3 aromatic rings. The van der Waals surface area contributed by atoms with Gasteiger partial charge in [-0.3, -0.25) is 24.2 Å². The number of amides is 2. The lowest BCUT2D eigenvalue weighted by Gasteiger charge is -2.31. The molecular weight excluding hydrogens is 466 g/mol. The van der Waals surface area contributed by atoms with E-state index in [0.29, 0.717) is 41.6 Å². The van der Waals surface area contributed by atoms with E-state index >= 15 is 0 Å². The summed E-state index contributed by atoms with van der Waals surface area (Å²) in [6, 6.07) is 1.45. The number of rotatable bonds is 12. The summed E-state index contributed by atoms with van der Waals surface area (Å²) in [6.45, 7) is 3.95. The van der Waals surface area contributed by atoms with Crippen LogP contribution in [0.1, 0.15) is 56.5 Å². The number of hydrogen-bond donors (Lipinski definition) is 1. The van der Waals surface area contributed by atoms with Crippen molar-refractivity contribution in [3.05, 3.63) is 30.4 Å². The van der Waals surface area contributed by atoms with Gasteiger partial charge in [-0.1, -0.05) is 19.8 Å². The van der Waals surface area contributed by atoms with Crippen LogP contribution in [0.25, 0.3) is 22.2 Å². The molecule has 0 saturated heterocycles. The van der Waals surface area contributed by atoms with Crippen LogP contribution in [0.15, 0.2) is 29.1 Å². The normalized spacial score (nSPS) is 12.1. The Morgan fingerprint density at radius 1 is 1.22 bits per heavy atom. The Labute approximate surface area is 210 Å². The van der Waals surface area contributed by atoms with E-state index in [2.05, 4.69) is 17.0 Å². The second-order valence-electron chi connectivity index (χ2n) is 8.46. The summed E-state index contributed by atoms with van der Waals surface area (Å²) in [5.74, 6) is -0.615. The zero-order valence-corrected chi connectivity index (χ0v) is 21.6. The van der Waals surface area contributed by atoms with Crippen LogP contribution in [0.2, 0.25) is 0 Å². The van der Waals surface area contributed by atoms with Crippen molar-refractivity contribution >= 4 is 28.7 Å². The molecule has 1 atom stereocenters. The molecule has 36 heavy (non-hydrogen) atoms. The van der Waals surface area contributed by atoms with Crippen molar-refractivity contribution in [2.45, 2.75) is 52.0 Å². The number of nitrogens with zero attached hydrogens (tertiary/aromatic N) is 5. The Hall–Kier alpha value is -3.44. The fraction of sp³-hybridized carbons (Fsp3) is 0.520. The third-order valence-corrected chi connectivity index (χ3v) is 5.96. The summed E-state index contributed by atoms with van der Waals surface area (Å²) in [7, 11) is 4.65. The largest absolute Gasteiger partial charge is 0.449 e. The van der Waals surface area contributed by atoms with Crippen LogP contribution < -0.4 is 4.90 Å². The maximum atomic E-state index is 13.4. The zero-order valence-electron chi connectivity index (χ0n) is 21.6. The number of aliphatic hydroxyl groups is 1. The predicted molar refractivity (Wildman–Crippen MR) is 134 cm³/mol. The van der Waals surface area contributed by atoms with Gasteiger partial charge in [-0.15, -0.1) is 0 Å². The number of ether oxygens (including phenoxy) is 1. The third kappa shape index (κ3) is 5.85. The Morgan fingerprint density at radius 3 is 2.58 bits per heavy atom. The summed E-state index contributed by atoms with van der Waals surface area (Å²) in [6.07, 6.45) is 7.91. The van der Waals surface area contributed by atoms with Crippen LogP contribution >= 0.6 is 0 Å². The van der Waals surface area contributed by atoms with Gasteiger partial charge in [-0.05, 0) is 32.3 Å². The number of anilines is 1. The molecule has 0 aliphatic carbocycles. The van der Waals surface area contributed by atoms with E-state index in [0.717, 1.165) is 23.5 Å². The molecule has 0 aliphatic rings. The number of aryl methyl sites for hydroxylation is 1. The highest BCUT2D eigenvalue weighted by molar-refractivity contribution is 6.11. The van der Waals surface area contributed by atoms with E-state index in [-0.39, 0.29) is 25.0 Å². The number of carbonyl (C=O) groups excluding carboxylic acids is 2. The summed E-state index contributed by atoms with van der Waals surface area (Å²) >= 11 is 0. The molecule has 0 bridgehead atoms. The second kappa shape index (κ2) is 12.5. The maximum Gasteiger partial charge on any atom is 0.414 e. The molecule has 0 aliphatic heterocycles. The van der Waals surface area contributed by atoms with Gasteiger partial charge in [0.1, 0.15) is 5.69 Å². The summed E-state index contributed by atoms with van der Waals surface area (Å²) in [5.41, 5.74) is 2.03. The van der Waals surface area contributed by atoms with Gasteiger partial charge in [0.2, 0.25) is 5.76 Å². The number of fused-ring (bicyclic) bond motifs is 1. The average molecular weight is 502 g/mol. The minimum Gasteiger partial charge on any atom is -0.449 e. The zero-order chi connectivity index (χ0) is 26.2. The molecule has 0 saturated carbocycles. The third-order valence-electron chi connectivity index (χ3n) is 5.96. The van der Waals surface area contributed by atoms with Crippen molar-refractivity contribution < 1.29 is 28.7 Å². The van der Waals surface area contributed by atoms with Gasteiger partial charge in [-0.2, -0.15) is 5.10 Å². The molecular formula is C25H35N5O6. The molecule has 3 aromatic heterocycles. The molecule has 0 fully saturated rings. The first kappa shape index (κ1) is 27.2. The predicted octanol–water partition coefficient (Wildman–Crippen LogP) is 4.16. The van der Waals surface area contributed by atoms with E-state index in [1.165, 1.54) is 25.3 Å². The van der Waals surface area contributed by atoms with E-state index in [1.54, 1.807) is 23.9 Å². The molecule has 196 valence electrons. The van der Waals surface area contributed by atoms with Gasteiger partial charge in [0.25, 0.3) is 0 Å². The molecule has 3 heterocycles. The van der Waals surface area contributed by atoms with Gasteiger partial charge >= 0.3 is 12.0 Å². The van der Waals surface area contributed by atoms with Gasteiger partial charge in [0.05, 0.1) is 31.8 Å². The molecule has 1 N–H and O–H groups in total. The van der Waals surface area contributed by atoms with Gasteiger partial charge < -0.3 is 14.3 Å². The second-order valence-corrected chi connectivity index (χ2v) is 8.46. The molecule has 0 aromatic carbocycles. The molecule has 11 heteroatoms. The van der Waals surface area contributed by atoms with Crippen molar-refractivity contribution in [3.63, 3.8) is 0 Å². The van der Waals surface area contributed by atoms with Crippen LogP contribution in [0.3, 0.4) is 0 Å². The van der Waals surface area contributed by atoms with Gasteiger partial charge in [0.15, 0.2) is 5.58 Å². The van der Waals surface area contributed by atoms with Crippen molar-refractivity contribution in [2.24, 2.45) is 7.05 Å². The standard InChI is InChI=1S/C25H35N5O6/c1-6-8-10-18(11-9-12-31)30(25(33)35-7-2)22-19-13-20(17-14-27-28(3)16-17)26-15-21(19)36-23(22)24(32)29(4)34-5/h13-16,18,31H,6-12H2,1-5H3. The van der Waals surface area contributed by atoms with Crippen molar-refractivity contribution in [1.82, 2.24) is 19.8 Å². The lowest BCUT2D eigenvalue weighted by atomic mass is 10.0. The smallest absolute Gasteiger partial charge is 0.414 e. The Kier molecular flexibility index (Phi) is 9.43. The van der Waals surface area contributed by atoms with E-state index in [4.69, 9.17) is 14.0 Å². The van der Waals surface area contributed by atoms with Crippen LogP contribution in [0, 0.1) is 0 Å². The highest BCUT2D eigenvalue weighted by Crippen LogP contribution is 2.39.